The Balaban J connectivity index is 2.44. The van der Waals surface area contributed by atoms with Crippen LogP contribution in [0.3, 0.4) is 0 Å². The van der Waals surface area contributed by atoms with Crippen molar-refractivity contribution in [3.05, 3.63) is 29.6 Å². The summed E-state index contributed by atoms with van der Waals surface area (Å²) in [7, 11) is 0. The molecule has 0 saturated heterocycles. The maximum atomic E-state index is 12.2. The van der Waals surface area contributed by atoms with Gasteiger partial charge in [0.2, 0.25) is 0 Å². The van der Waals surface area contributed by atoms with E-state index in [-0.39, 0.29) is 11.3 Å². The number of nitrogens with zero attached hydrogens (tertiary/aromatic N) is 1. The highest BCUT2D eigenvalue weighted by molar-refractivity contribution is 5.96. The number of carbonyl (C=O) groups is 3. The van der Waals surface area contributed by atoms with Gasteiger partial charge in [-0.3, -0.25) is 9.78 Å². The molecule has 0 saturated carbocycles. The van der Waals surface area contributed by atoms with E-state index in [0.29, 0.717) is 19.5 Å². The van der Waals surface area contributed by atoms with Crippen LogP contribution in [0.1, 0.15) is 68.8 Å². The zero-order valence-electron chi connectivity index (χ0n) is 16.8. The largest absolute Gasteiger partial charge is 0.456 e. The Morgan fingerprint density at radius 3 is 2.15 bits per heavy atom. The maximum Gasteiger partial charge on any atom is 0.407 e. The van der Waals surface area contributed by atoms with Gasteiger partial charge < -0.3 is 20.1 Å². The van der Waals surface area contributed by atoms with E-state index in [9.17, 15) is 14.4 Å². The quantitative estimate of drug-likeness (QED) is 0.581. The van der Waals surface area contributed by atoms with Crippen LogP contribution < -0.4 is 10.6 Å². The maximum absolute atomic E-state index is 12.2. The van der Waals surface area contributed by atoms with Gasteiger partial charge >= 0.3 is 12.1 Å². The first kappa shape index (κ1) is 22.4. The molecule has 2 amide bonds. The highest BCUT2D eigenvalue weighted by atomic mass is 16.6. The van der Waals surface area contributed by atoms with E-state index in [1.165, 1.54) is 18.3 Å². The molecule has 0 aliphatic heterocycles. The van der Waals surface area contributed by atoms with Crippen molar-refractivity contribution < 1.29 is 23.9 Å². The summed E-state index contributed by atoms with van der Waals surface area (Å²) in [5.74, 6) is -0.918. The molecule has 1 rings (SSSR count). The SMILES string of the molecule is CC(C)(C)OC(=O)NCCCNC(=O)c1cc(C(=O)OC(C)(C)C)ccn1. The molecule has 0 aliphatic carbocycles. The molecular weight excluding hydrogens is 350 g/mol. The van der Waals surface area contributed by atoms with Crippen LogP contribution in [-0.2, 0) is 9.47 Å². The Labute approximate surface area is 160 Å². The molecule has 0 atom stereocenters. The van der Waals surface area contributed by atoms with Crippen LogP contribution in [0.5, 0.6) is 0 Å². The minimum absolute atomic E-state index is 0.124. The van der Waals surface area contributed by atoms with Crippen molar-refractivity contribution in [2.24, 2.45) is 0 Å². The molecule has 1 aromatic heterocycles. The van der Waals surface area contributed by atoms with Crippen LogP contribution in [0.4, 0.5) is 4.79 Å². The number of amides is 2. The number of alkyl carbamates (subject to hydrolysis) is 1. The number of rotatable bonds is 6. The van der Waals surface area contributed by atoms with Gasteiger partial charge in [0, 0.05) is 19.3 Å². The topological polar surface area (TPSA) is 107 Å². The smallest absolute Gasteiger partial charge is 0.407 e. The minimum Gasteiger partial charge on any atom is -0.456 e. The van der Waals surface area contributed by atoms with E-state index in [1.807, 2.05) is 0 Å². The van der Waals surface area contributed by atoms with E-state index < -0.39 is 29.2 Å². The molecule has 0 radical (unpaired) electrons. The molecule has 0 aliphatic rings. The number of hydrogen-bond acceptors (Lipinski definition) is 6. The number of carbonyl (C=O) groups excluding carboxylic acids is 3. The summed E-state index contributed by atoms with van der Waals surface area (Å²) in [6, 6.07) is 2.89. The van der Waals surface area contributed by atoms with Crippen molar-refractivity contribution in [1.82, 2.24) is 15.6 Å². The molecule has 0 unspecified atom stereocenters. The molecule has 150 valence electrons. The predicted octanol–water partition coefficient (Wildman–Crippen LogP) is 2.68. The lowest BCUT2D eigenvalue weighted by Gasteiger charge is -2.19. The number of aromatic nitrogens is 1. The number of ether oxygens (including phenoxy) is 2. The molecular formula is C19H29N3O5. The third-order valence-corrected chi connectivity index (χ3v) is 2.93. The summed E-state index contributed by atoms with van der Waals surface area (Å²) in [6.07, 6.45) is 1.41. The highest BCUT2D eigenvalue weighted by Gasteiger charge is 2.19. The predicted molar refractivity (Wildman–Crippen MR) is 101 cm³/mol. The molecule has 27 heavy (non-hydrogen) atoms. The highest BCUT2D eigenvalue weighted by Crippen LogP contribution is 2.12. The zero-order chi connectivity index (χ0) is 20.7. The Kier molecular flexibility index (Phi) is 7.75. The Morgan fingerprint density at radius 1 is 0.963 bits per heavy atom. The standard InChI is InChI=1S/C19H29N3O5/c1-18(2,3)26-16(24)13-8-11-20-14(12-13)15(23)21-9-7-10-22-17(25)27-19(4,5)6/h8,11-12H,7,9-10H2,1-6H3,(H,21,23)(H,22,25). The van der Waals surface area contributed by atoms with E-state index in [4.69, 9.17) is 9.47 Å². The van der Waals surface area contributed by atoms with Gasteiger partial charge in [0.05, 0.1) is 5.56 Å². The van der Waals surface area contributed by atoms with Crippen LogP contribution >= 0.6 is 0 Å². The summed E-state index contributed by atoms with van der Waals surface area (Å²) < 4.78 is 10.4. The van der Waals surface area contributed by atoms with E-state index in [2.05, 4.69) is 15.6 Å². The van der Waals surface area contributed by atoms with Gasteiger partial charge in [-0.2, -0.15) is 0 Å². The molecule has 0 fully saturated rings. The van der Waals surface area contributed by atoms with Crippen molar-refractivity contribution in [3.8, 4) is 0 Å². The van der Waals surface area contributed by atoms with Gasteiger partial charge in [-0.1, -0.05) is 0 Å². The molecule has 8 heteroatoms. The lowest BCUT2D eigenvalue weighted by molar-refractivity contribution is 0.00690. The van der Waals surface area contributed by atoms with Crippen LogP contribution in [-0.4, -0.2) is 47.2 Å². The fourth-order valence-electron chi connectivity index (χ4n) is 1.90. The fourth-order valence-corrected chi connectivity index (χ4v) is 1.90. The van der Waals surface area contributed by atoms with Gasteiger partial charge in [0.15, 0.2) is 0 Å². The van der Waals surface area contributed by atoms with E-state index in [1.54, 1.807) is 41.5 Å². The zero-order valence-corrected chi connectivity index (χ0v) is 16.8. The van der Waals surface area contributed by atoms with Crippen molar-refractivity contribution >= 4 is 18.0 Å². The van der Waals surface area contributed by atoms with Crippen LogP contribution in [0.25, 0.3) is 0 Å². The average molecular weight is 379 g/mol. The second-order valence-corrected chi connectivity index (χ2v) is 7.97. The first-order chi connectivity index (χ1) is 12.4. The minimum atomic E-state index is -0.621. The number of esters is 1. The first-order valence-corrected chi connectivity index (χ1v) is 8.82. The summed E-state index contributed by atoms with van der Waals surface area (Å²) >= 11 is 0. The third-order valence-electron chi connectivity index (χ3n) is 2.93. The monoisotopic (exact) mass is 379 g/mol. The van der Waals surface area contributed by atoms with Crippen molar-refractivity contribution in [1.29, 1.82) is 0 Å². The molecule has 2 N–H and O–H groups in total. The Hall–Kier alpha value is -2.64. The van der Waals surface area contributed by atoms with Crippen molar-refractivity contribution in [2.45, 2.75) is 59.2 Å². The molecule has 0 bridgehead atoms. The summed E-state index contributed by atoms with van der Waals surface area (Å²) in [5.41, 5.74) is -0.789. The summed E-state index contributed by atoms with van der Waals surface area (Å²) in [6.45, 7) is 11.4. The Morgan fingerprint density at radius 2 is 1.56 bits per heavy atom. The van der Waals surface area contributed by atoms with Crippen molar-refractivity contribution in [3.63, 3.8) is 0 Å². The molecule has 1 aromatic rings. The van der Waals surface area contributed by atoms with Gasteiger partial charge in [-0.05, 0) is 60.1 Å². The van der Waals surface area contributed by atoms with Crippen LogP contribution in [0.2, 0.25) is 0 Å². The van der Waals surface area contributed by atoms with Gasteiger partial charge in [-0.15, -0.1) is 0 Å². The van der Waals surface area contributed by atoms with Crippen molar-refractivity contribution in [2.75, 3.05) is 13.1 Å². The molecule has 8 nitrogen and oxygen atoms in total. The normalized spacial score (nSPS) is 11.5. The molecule has 0 spiro atoms. The van der Waals surface area contributed by atoms with E-state index >= 15 is 0 Å². The number of nitrogens with one attached hydrogen (secondary N) is 2. The van der Waals surface area contributed by atoms with E-state index in [0.717, 1.165) is 0 Å². The second-order valence-electron chi connectivity index (χ2n) is 7.97. The first-order valence-electron chi connectivity index (χ1n) is 8.82. The summed E-state index contributed by atoms with van der Waals surface area (Å²) in [4.78, 5) is 39.7. The number of hydrogen-bond donors (Lipinski definition) is 2. The van der Waals surface area contributed by atoms with Gasteiger partial charge in [0.25, 0.3) is 5.91 Å². The second kappa shape index (κ2) is 9.34. The lowest BCUT2D eigenvalue weighted by Crippen LogP contribution is -2.34. The third kappa shape index (κ3) is 9.58. The van der Waals surface area contributed by atoms with Gasteiger partial charge in [0.1, 0.15) is 16.9 Å². The number of pyridine rings is 1. The van der Waals surface area contributed by atoms with Crippen LogP contribution in [0, 0.1) is 0 Å². The summed E-state index contributed by atoms with van der Waals surface area (Å²) in [5, 5.41) is 5.30. The lowest BCUT2D eigenvalue weighted by atomic mass is 10.1. The molecule has 0 aromatic carbocycles. The van der Waals surface area contributed by atoms with Gasteiger partial charge in [-0.25, -0.2) is 9.59 Å². The molecule has 1 heterocycles. The fraction of sp³-hybridized carbons (Fsp3) is 0.579. The van der Waals surface area contributed by atoms with Crippen LogP contribution in [0.15, 0.2) is 18.3 Å². The Bertz CT molecular complexity index is 675. The average Bonchev–Trinajstić information content (AvgIpc) is 2.51.